The van der Waals surface area contributed by atoms with Crippen molar-refractivity contribution < 1.29 is 4.79 Å². The van der Waals surface area contributed by atoms with Crippen LogP contribution in [0.3, 0.4) is 0 Å². The molecule has 0 N–H and O–H groups in total. The first-order valence-electron chi connectivity index (χ1n) is 9.13. The van der Waals surface area contributed by atoms with Crippen LogP contribution in [0.2, 0.25) is 0 Å². The molecule has 116 valence electrons. The molecule has 1 heteroatoms. The molecule has 4 saturated carbocycles. The molecule has 0 bridgehead atoms. The summed E-state index contributed by atoms with van der Waals surface area (Å²) in [5.41, 5.74) is 2.55. The largest absolute Gasteiger partial charge is 0.300 e. The fourth-order valence-corrected chi connectivity index (χ4v) is 7.00. The van der Waals surface area contributed by atoms with Gasteiger partial charge in [-0.25, -0.2) is 0 Å². The van der Waals surface area contributed by atoms with Crippen LogP contribution in [-0.4, -0.2) is 5.78 Å². The van der Waals surface area contributed by atoms with E-state index in [1.807, 2.05) is 0 Å². The van der Waals surface area contributed by atoms with Gasteiger partial charge < -0.3 is 0 Å². The predicted octanol–water partition coefficient (Wildman–Crippen LogP) is 5.15. The highest BCUT2D eigenvalue weighted by molar-refractivity contribution is 5.79. The first kappa shape index (κ1) is 14.0. The van der Waals surface area contributed by atoms with Gasteiger partial charge in [0, 0.05) is 12.8 Å². The molecule has 4 aliphatic carbocycles. The Labute approximate surface area is 129 Å². The number of carbonyl (C=O) groups is 1. The number of ketones is 1. The third-order valence-corrected chi connectivity index (χ3v) is 8.22. The Balaban J connectivity index is 1.67. The normalized spacial score (nSPS) is 53.0. The van der Waals surface area contributed by atoms with Crippen LogP contribution in [0.15, 0.2) is 12.2 Å². The minimum Gasteiger partial charge on any atom is -0.300 e. The van der Waals surface area contributed by atoms with Crippen LogP contribution in [0.4, 0.5) is 0 Å². The average molecular weight is 286 g/mol. The highest BCUT2D eigenvalue weighted by atomic mass is 16.1. The molecule has 4 rings (SSSR count). The van der Waals surface area contributed by atoms with Crippen molar-refractivity contribution in [3.8, 4) is 0 Å². The first-order chi connectivity index (χ1) is 9.94. The minimum absolute atomic E-state index is 0.445. The highest BCUT2D eigenvalue weighted by Crippen LogP contribution is 2.66. The smallest absolute Gasteiger partial charge is 0.133 e. The van der Waals surface area contributed by atoms with Gasteiger partial charge in [0.05, 0.1) is 0 Å². The van der Waals surface area contributed by atoms with Gasteiger partial charge in [0.2, 0.25) is 0 Å². The second-order valence-corrected chi connectivity index (χ2v) is 9.12. The Morgan fingerprint density at radius 1 is 1.05 bits per heavy atom. The molecule has 0 aliphatic heterocycles. The lowest BCUT2D eigenvalue weighted by Crippen LogP contribution is -2.52. The van der Waals surface area contributed by atoms with E-state index in [1.165, 1.54) is 38.5 Å². The zero-order valence-corrected chi connectivity index (χ0v) is 13.8. The first-order valence-corrected chi connectivity index (χ1v) is 9.13. The summed E-state index contributed by atoms with van der Waals surface area (Å²) in [6, 6.07) is 0. The summed E-state index contributed by atoms with van der Waals surface area (Å²) in [7, 11) is 0. The van der Waals surface area contributed by atoms with Gasteiger partial charge in [-0.3, -0.25) is 4.79 Å². The van der Waals surface area contributed by atoms with Crippen LogP contribution in [0.5, 0.6) is 0 Å². The van der Waals surface area contributed by atoms with Crippen molar-refractivity contribution in [3.05, 3.63) is 12.2 Å². The van der Waals surface area contributed by atoms with E-state index < -0.39 is 0 Å². The fraction of sp³-hybridized carbons (Fsp3) is 0.850. The Kier molecular flexibility index (Phi) is 2.98. The summed E-state index contributed by atoms with van der Waals surface area (Å²) in [6.07, 6.45) is 11.0. The van der Waals surface area contributed by atoms with Crippen molar-refractivity contribution in [1.82, 2.24) is 0 Å². The minimum atomic E-state index is 0.445. The van der Waals surface area contributed by atoms with E-state index in [2.05, 4.69) is 20.4 Å². The van der Waals surface area contributed by atoms with Crippen molar-refractivity contribution in [2.45, 2.75) is 71.6 Å². The van der Waals surface area contributed by atoms with E-state index in [0.717, 1.165) is 37.0 Å². The van der Waals surface area contributed by atoms with E-state index in [1.54, 1.807) is 5.57 Å². The van der Waals surface area contributed by atoms with Gasteiger partial charge >= 0.3 is 0 Å². The third-order valence-electron chi connectivity index (χ3n) is 8.22. The molecule has 1 nitrogen and oxygen atoms in total. The number of hydrogen-bond acceptors (Lipinski definition) is 1. The second-order valence-electron chi connectivity index (χ2n) is 9.12. The Morgan fingerprint density at radius 3 is 2.67 bits per heavy atom. The Bertz CT molecular complexity index is 492. The molecule has 4 aliphatic rings. The molecular weight excluding hydrogens is 256 g/mol. The maximum atomic E-state index is 11.9. The standard InChI is InChI=1S/C20H30O/c1-13-6-9-19(2)10-8-17-16(18(13)19)5-4-14-12-15(21)7-11-20(14,17)3/h14,16-18H,1,4-12H2,2-3H3/t14?,16-,17+,18+,19+,20+/m1/s1. The maximum absolute atomic E-state index is 11.9. The SMILES string of the molecule is C=C1CC[C@@]2(C)CC[C@H]3[C@@H](CCC4CC(=O)CC[C@@]43C)[C@H]12. The summed E-state index contributed by atoms with van der Waals surface area (Å²) in [4.78, 5) is 11.9. The number of carbonyl (C=O) groups excluding carboxylic acids is 1. The van der Waals surface area contributed by atoms with Crippen LogP contribution in [0.1, 0.15) is 71.6 Å². The molecule has 4 fully saturated rings. The molecule has 0 aromatic carbocycles. The van der Waals surface area contributed by atoms with Gasteiger partial charge in [-0.1, -0.05) is 26.0 Å². The lowest BCUT2D eigenvalue weighted by molar-refractivity contribution is -0.136. The van der Waals surface area contributed by atoms with E-state index in [4.69, 9.17) is 0 Å². The average Bonchev–Trinajstić information content (AvgIpc) is 2.76. The molecular formula is C20H30O. The van der Waals surface area contributed by atoms with Crippen molar-refractivity contribution in [2.75, 3.05) is 0 Å². The van der Waals surface area contributed by atoms with Crippen molar-refractivity contribution >= 4 is 5.78 Å². The van der Waals surface area contributed by atoms with E-state index in [0.29, 0.717) is 22.5 Å². The summed E-state index contributed by atoms with van der Waals surface area (Å²) in [5, 5.41) is 0. The molecule has 0 aromatic heterocycles. The van der Waals surface area contributed by atoms with Crippen LogP contribution in [-0.2, 0) is 4.79 Å². The van der Waals surface area contributed by atoms with Gasteiger partial charge in [-0.15, -0.1) is 0 Å². The van der Waals surface area contributed by atoms with E-state index in [-0.39, 0.29) is 0 Å². The molecule has 21 heavy (non-hydrogen) atoms. The zero-order valence-electron chi connectivity index (χ0n) is 13.8. The summed E-state index contributed by atoms with van der Waals surface area (Å²) < 4.78 is 0. The second kappa shape index (κ2) is 4.46. The van der Waals surface area contributed by atoms with E-state index in [9.17, 15) is 4.79 Å². The number of hydrogen-bond donors (Lipinski definition) is 0. The lowest BCUT2D eigenvalue weighted by atomic mass is 9.45. The zero-order chi connectivity index (χ0) is 14.8. The predicted molar refractivity (Wildman–Crippen MR) is 85.9 cm³/mol. The summed E-state index contributed by atoms with van der Waals surface area (Å²) >= 11 is 0. The molecule has 0 aromatic rings. The fourth-order valence-electron chi connectivity index (χ4n) is 7.00. The third kappa shape index (κ3) is 1.85. The van der Waals surface area contributed by atoms with Gasteiger partial charge in [0.15, 0.2) is 0 Å². The number of rotatable bonds is 0. The van der Waals surface area contributed by atoms with Crippen LogP contribution < -0.4 is 0 Å². The van der Waals surface area contributed by atoms with E-state index >= 15 is 0 Å². The molecule has 6 atom stereocenters. The monoisotopic (exact) mass is 286 g/mol. The van der Waals surface area contributed by atoms with Crippen molar-refractivity contribution in [2.24, 2.45) is 34.5 Å². The number of Topliss-reactive ketones (excluding diaryl/α,β-unsaturated/α-hetero) is 1. The molecule has 1 unspecified atom stereocenters. The molecule has 0 amide bonds. The van der Waals surface area contributed by atoms with Gasteiger partial charge in [0.25, 0.3) is 0 Å². The van der Waals surface area contributed by atoms with Crippen molar-refractivity contribution in [1.29, 1.82) is 0 Å². The maximum Gasteiger partial charge on any atom is 0.133 e. The number of fused-ring (bicyclic) bond motifs is 5. The molecule has 0 saturated heterocycles. The van der Waals surface area contributed by atoms with Crippen LogP contribution >= 0.6 is 0 Å². The van der Waals surface area contributed by atoms with Crippen molar-refractivity contribution in [3.63, 3.8) is 0 Å². The highest BCUT2D eigenvalue weighted by Gasteiger charge is 2.58. The molecule has 0 radical (unpaired) electrons. The Hall–Kier alpha value is -0.590. The number of allylic oxidation sites excluding steroid dienone is 1. The van der Waals surface area contributed by atoms with Gasteiger partial charge in [0.1, 0.15) is 5.78 Å². The van der Waals surface area contributed by atoms with Gasteiger partial charge in [-0.05, 0) is 79.4 Å². The Morgan fingerprint density at radius 2 is 1.86 bits per heavy atom. The summed E-state index contributed by atoms with van der Waals surface area (Å²) in [5.74, 6) is 3.72. The quantitative estimate of drug-likeness (QED) is 0.562. The van der Waals surface area contributed by atoms with Crippen LogP contribution in [0.25, 0.3) is 0 Å². The molecule has 0 spiro atoms. The lowest BCUT2D eigenvalue weighted by Gasteiger charge is -2.59. The molecule has 0 heterocycles. The van der Waals surface area contributed by atoms with Crippen LogP contribution in [0, 0.1) is 34.5 Å². The van der Waals surface area contributed by atoms with Gasteiger partial charge in [-0.2, -0.15) is 0 Å². The summed E-state index contributed by atoms with van der Waals surface area (Å²) in [6.45, 7) is 9.52. The topological polar surface area (TPSA) is 17.1 Å².